The molecule has 32 heavy (non-hydrogen) atoms. The van der Waals surface area contributed by atoms with Gasteiger partial charge in [-0.2, -0.15) is 0 Å². The number of ether oxygens (including phenoxy) is 2. The van der Waals surface area contributed by atoms with E-state index in [1.54, 1.807) is 7.05 Å². The third-order valence-corrected chi connectivity index (χ3v) is 5.44. The molecule has 0 spiro atoms. The molecular formula is C24H32IN5O2. The smallest absolute Gasteiger partial charge is 0.191 e. The van der Waals surface area contributed by atoms with Gasteiger partial charge in [-0.25, -0.2) is 4.98 Å². The Hall–Kier alpha value is -2.17. The number of aromatic nitrogens is 2. The highest BCUT2D eigenvalue weighted by Crippen LogP contribution is 2.14. The zero-order chi connectivity index (χ0) is 21.3. The van der Waals surface area contributed by atoms with Crippen LogP contribution in [0.25, 0.3) is 11.0 Å². The standard InChI is InChI=1S/C24H31N5O2.HI/c1-25-24(26-12-4-13-31-21-11-14-30-17-21)27-15-19-7-9-20(10-8-19)16-29-18-28-22-5-2-3-6-23(22)29;/h2-3,5-10,18,21H,4,11-17H2,1H3,(H2,25,26,27);1H. The quantitative estimate of drug-likeness (QED) is 0.185. The molecule has 1 unspecified atom stereocenters. The van der Waals surface area contributed by atoms with E-state index in [0.717, 1.165) is 69.3 Å². The summed E-state index contributed by atoms with van der Waals surface area (Å²) in [5.41, 5.74) is 4.65. The van der Waals surface area contributed by atoms with Crippen LogP contribution < -0.4 is 10.6 Å². The van der Waals surface area contributed by atoms with Crippen molar-refractivity contribution in [3.05, 3.63) is 66.0 Å². The number of aliphatic imine (C=N–C) groups is 1. The van der Waals surface area contributed by atoms with Gasteiger partial charge in [0.1, 0.15) is 0 Å². The molecule has 0 saturated carbocycles. The molecule has 0 radical (unpaired) electrons. The number of halogens is 1. The van der Waals surface area contributed by atoms with E-state index in [2.05, 4.69) is 55.5 Å². The summed E-state index contributed by atoms with van der Waals surface area (Å²) in [6, 6.07) is 16.9. The predicted molar refractivity (Wildman–Crippen MR) is 139 cm³/mol. The molecule has 2 aromatic carbocycles. The third kappa shape index (κ3) is 6.91. The number of nitrogens with one attached hydrogen (secondary N) is 2. The highest BCUT2D eigenvalue weighted by Gasteiger charge is 2.15. The van der Waals surface area contributed by atoms with Crippen LogP contribution in [0, 0.1) is 0 Å². The number of guanidine groups is 1. The summed E-state index contributed by atoms with van der Waals surface area (Å²) in [6.45, 7) is 4.66. The van der Waals surface area contributed by atoms with Crippen LogP contribution in [0.4, 0.5) is 0 Å². The molecule has 7 nitrogen and oxygen atoms in total. The first-order chi connectivity index (χ1) is 15.3. The number of hydrogen-bond donors (Lipinski definition) is 2. The van der Waals surface area contributed by atoms with Gasteiger partial charge < -0.3 is 24.7 Å². The minimum atomic E-state index is 0. The van der Waals surface area contributed by atoms with Crippen LogP contribution >= 0.6 is 24.0 Å². The first-order valence-corrected chi connectivity index (χ1v) is 10.9. The molecule has 3 aromatic rings. The number of benzene rings is 2. The molecule has 0 aliphatic carbocycles. The van der Waals surface area contributed by atoms with Gasteiger partial charge in [0.15, 0.2) is 5.96 Å². The second-order valence-electron chi connectivity index (χ2n) is 7.74. The van der Waals surface area contributed by atoms with Gasteiger partial charge in [-0.15, -0.1) is 24.0 Å². The van der Waals surface area contributed by atoms with Crippen LogP contribution in [0.2, 0.25) is 0 Å². The Morgan fingerprint density at radius 1 is 1.16 bits per heavy atom. The third-order valence-electron chi connectivity index (χ3n) is 5.44. The second-order valence-corrected chi connectivity index (χ2v) is 7.74. The molecule has 4 rings (SSSR count). The number of fused-ring (bicyclic) bond motifs is 1. The maximum atomic E-state index is 5.79. The van der Waals surface area contributed by atoms with Crippen LogP contribution in [-0.2, 0) is 22.6 Å². The second kappa shape index (κ2) is 12.8. The highest BCUT2D eigenvalue weighted by atomic mass is 127. The number of nitrogens with zero attached hydrogens (tertiary/aromatic N) is 3. The van der Waals surface area contributed by atoms with Crippen LogP contribution in [0.1, 0.15) is 24.0 Å². The topological polar surface area (TPSA) is 72.7 Å². The zero-order valence-electron chi connectivity index (χ0n) is 18.5. The monoisotopic (exact) mass is 549 g/mol. The van der Waals surface area contributed by atoms with Gasteiger partial charge in [0.2, 0.25) is 0 Å². The Morgan fingerprint density at radius 2 is 1.97 bits per heavy atom. The lowest BCUT2D eigenvalue weighted by Gasteiger charge is -2.13. The minimum absolute atomic E-state index is 0. The number of para-hydroxylation sites is 2. The van der Waals surface area contributed by atoms with Crippen LogP contribution in [0.5, 0.6) is 0 Å². The van der Waals surface area contributed by atoms with Crippen molar-refractivity contribution in [2.45, 2.75) is 32.0 Å². The fraction of sp³-hybridized carbons (Fsp3) is 0.417. The molecule has 1 fully saturated rings. The summed E-state index contributed by atoms with van der Waals surface area (Å²) in [7, 11) is 1.79. The van der Waals surface area contributed by atoms with Gasteiger partial charge in [-0.3, -0.25) is 4.99 Å². The van der Waals surface area contributed by atoms with Crippen molar-refractivity contribution >= 4 is 41.0 Å². The number of hydrogen-bond acceptors (Lipinski definition) is 4. The fourth-order valence-corrected chi connectivity index (χ4v) is 3.68. The number of imidazole rings is 1. The van der Waals surface area contributed by atoms with E-state index in [4.69, 9.17) is 9.47 Å². The molecular weight excluding hydrogens is 517 g/mol. The van der Waals surface area contributed by atoms with E-state index in [9.17, 15) is 0 Å². The summed E-state index contributed by atoms with van der Waals surface area (Å²) < 4.78 is 13.3. The molecule has 0 amide bonds. The SMILES string of the molecule is CN=C(NCCCOC1CCOC1)NCc1ccc(Cn2cnc3ccccc32)cc1.I. The normalized spacial score (nSPS) is 16.2. The van der Waals surface area contributed by atoms with Crippen LogP contribution in [-0.4, -0.2) is 55.0 Å². The molecule has 2 N–H and O–H groups in total. The maximum Gasteiger partial charge on any atom is 0.191 e. The van der Waals surface area contributed by atoms with Crippen LogP contribution in [0.15, 0.2) is 59.9 Å². The van der Waals surface area contributed by atoms with Gasteiger partial charge in [-0.1, -0.05) is 36.4 Å². The first kappa shape index (κ1) is 24.5. The molecule has 1 saturated heterocycles. The zero-order valence-corrected chi connectivity index (χ0v) is 20.8. The highest BCUT2D eigenvalue weighted by molar-refractivity contribution is 14.0. The Morgan fingerprint density at radius 3 is 2.75 bits per heavy atom. The lowest BCUT2D eigenvalue weighted by molar-refractivity contribution is 0.0420. The van der Waals surface area contributed by atoms with Gasteiger partial charge >= 0.3 is 0 Å². The molecule has 172 valence electrons. The van der Waals surface area contributed by atoms with Gasteiger partial charge in [-0.05, 0) is 36.1 Å². The van der Waals surface area contributed by atoms with E-state index < -0.39 is 0 Å². The molecule has 1 atom stereocenters. The van der Waals surface area contributed by atoms with Crippen molar-refractivity contribution in [3.8, 4) is 0 Å². The Balaban J connectivity index is 0.00000289. The van der Waals surface area contributed by atoms with E-state index >= 15 is 0 Å². The lowest BCUT2D eigenvalue weighted by atomic mass is 10.1. The molecule has 8 heteroatoms. The van der Waals surface area contributed by atoms with Gasteiger partial charge in [0.05, 0.1) is 30.1 Å². The van der Waals surface area contributed by atoms with E-state index in [0.29, 0.717) is 0 Å². The summed E-state index contributed by atoms with van der Waals surface area (Å²) in [5, 5.41) is 6.71. The Labute approximate surface area is 206 Å². The average Bonchev–Trinajstić information content (AvgIpc) is 3.47. The van der Waals surface area contributed by atoms with Crippen molar-refractivity contribution in [1.82, 2.24) is 20.2 Å². The van der Waals surface area contributed by atoms with E-state index in [1.807, 2.05) is 24.5 Å². The fourth-order valence-electron chi connectivity index (χ4n) is 3.68. The summed E-state index contributed by atoms with van der Waals surface area (Å²) in [5.74, 6) is 0.804. The van der Waals surface area contributed by atoms with Gasteiger partial charge in [0.25, 0.3) is 0 Å². The van der Waals surface area contributed by atoms with Crippen LogP contribution in [0.3, 0.4) is 0 Å². The molecule has 1 aliphatic heterocycles. The molecule has 1 aromatic heterocycles. The molecule has 0 bridgehead atoms. The molecule has 2 heterocycles. The predicted octanol–water partition coefficient (Wildman–Crippen LogP) is 3.56. The average molecular weight is 549 g/mol. The maximum absolute atomic E-state index is 5.79. The lowest BCUT2D eigenvalue weighted by Crippen LogP contribution is -2.37. The first-order valence-electron chi connectivity index (χ1n) is 10.9. The van der Waals surface area contributed by atoms with E-state index in [1.165, 1.54) is 11.1 Å². The van der Waals surface area contributed by atoms with Gasteiger partial charge in [0, 0.05) is 39.9 Å². The van der Waals surface area contributed by atoms with Crippen molar-refractivity contribution in [1.29, 1.82) is 0 Å². The Bertz CT molecular complexity index is 983. The molecule has 1 aliphatic rings. The summed E-state index contributed by atoms with van der Waals surface area (Å²) >= 11 is 0. The van der Waals surface area contributed by atoms with E-state index in [-0.39, 0.29) is 30.1 Å². The van der Waals surface area contributed by atoms with Crippen molar-refractivity contribution in [2.75, 3.05) is 33.4 Å². The number of rotatable bonds is 9. The minimum Gasteiger partial charge on any atom is -0.379 e. The van der Waals surface area contributed by atoms with Crippen molar-refractivity contribution < 1.29 is 9.47 Å². The van der Waals surface area contributed by atoms with Crippen molar-refractivity contribution in [3.63, 3.8) is 0 Å². The summed E-state index contributed by atoms with van der Waals surface area (Å²) in [4.78, 5) is 8.76. The summed E-state index contributed by atoms with van der Waals surface area (Å²) in [6.07, 6.45) is 4.12. The Kier molecular flexibility index (Phi) is 9.76. The van der Waals surface area contributed by atoms with Crippen molar-refractivity contribution in [2.24, 2.45) is 4.99 Å². The largest absolute Gasteiger partial charge is 0.379 e.